The van der Waals surface area contributed by atoms with Crippen LogP contribution in [0.5, 0.6) is 5.75 Å². The van der Waals surface area contributed by atoms with Crippen LogP contribution < -0.4 is 16.0 Å². The number of rotatable bonds is 5. The summed E-state index contributed by atoms with van der Waals surface area (Å²) in [6.45, 7) is 4.25. The van der Waals surface area contributed by atoms with E-state index in [1.54, 1.807) is 7.11 Å². The molecule has 3 N–H and O–H groups in total. The smallest absolute Gasteiger partial charge is 0.123 e. The summed E-state index contributed by atoms with van der Waals surface area (Å²) < 4.78 is 5.41. The van der Waals surface area contributed by atoms with Crippen LogP contribution in [0.25, 0.3) is 0 Å². The van der Waals surface area contributed by atoms with Crippen molar-refractivity contribution in [3.05, 3.63) is 64.7 Å². The average Bonchev–Trinajstić information content (AvgIpc) is 2.48. The molecule has 2 aromatic rings. The van der Waals surface area contributed by atoms with Crippen molar-refractivity contribution in [1.29, 1.82) is 0 Å². The predicted octanol–water partition coefficient (Wildman–Crippen LogP) is 3.06. The van der Waals surface area contributed by atoms with Gasteiger partial charge in [-0.05, 0) is 43.0 Å². The van der Waals surface area contributed by atoms with Crippen molar-refractivity contribution in [2.24, 2.45) is 5.84 Å². The van der Waals surface area contributed by atoms with Crippen molar-refractivity contribution in [3.8, 4) is 5.75 Å². The number of benzene rings is 2. The van der Waals surface area contributed by atoms with E-state index in [-0.39, 0.29) is 6.04 Å². The van der Waals surface area contributed by atoms with Crippen molar-refractivity contribution >= 4 is 0 Å². The Kier molecular flexibility index (Phi) is 4.77. The zero-order valence-corrected chi connectivity index (χ0v) is 12.3. The summed E-state index contributed by atoms with van der Waals surface area (Å²) in [4.78, 5) is 0. The number of nitrogens with one attached hydrogen (secondary N) is 1. The summed E-state index contributed by atoms with van der Waals surface area (Å²) in [7, 11) is 1.68. The third kappa shape index (κ3) is 3.18. The number of ether oxygens (including phenoxy) is 1. The first-order valence-corrected chi connectivity index (χ1v) is 6.81. The van der Waals surface area contributed by atoms with Gasteiger partial charge in [0.15, 0.2) is 0 Å². The molecule has 1 unspecified atom stereocenters. The Labute approximate surface area is 120 Å². The van der Waals surface area contributed by atoms with E-state index in [4.69, 9.17) is 10.6 Å². The highest BCUT2D eigenvalue weighted by Gasteiger charge is 2.15. The SMILES string of the molecule is COc1ccccc1C(Cc1ccc(C)c(C)c1)NN. The minimum atomic E-state index is 0.0354. The van der Waals surface area contributed by atoms with Gasteiger partial charge in [0, 0.05) is 5.56 Å². The monoisotopic (exact) mass is 270 g/mol. The van der Waals surface area contributed by atoms with Gasteiger partial charge in [0.1, 0.15) is 5.75 Å². The minimum Gasteiger partial charge on any atom is -0.496 e. The van der Waals surface area contributed by atoms with Gasteiger partial charge in [0.25, 0.3) is 0 Å². The third-order valence-electron chi connectivity index (χ3n) is 3.73. The Morgan fingerprint density at radius 2 is 1.85 bits per heavy atom. The van der Waals surface area contributed by atoms with E-state index in [9.17, 15) is 0 Å². The zero-order chi connectivity index (χ0) is 14.5. The molecule has 0 radical (unpaired) electrons. The molecule has 0 aliphatic rings. The fraction of sp³-hybridized carbons (Fsp3) is 0.294. The number of hydrazine groups is 1. The summed E-state index contributed by atoms with van der Waals surface area (Å²) in [6, 6.07) is 14.5. The molecule has 2 aromatic carbocycles. The molecule has 20 heavy (non-hydrogen) atoms. The standard InChI is InChI=1S/C17H22N2O/c1-12-8-9-14(10-13(12)2)11-16(19-18)15-6-4-5-7-17(15)20-3/h4-10,16,19H,11,18H2,1-3H3. The fourth-order valence-corrected chi connectivity index (χ4v) is 2.38. The second-order valence-corrected chi connectivity index (χ2v) is 5.08. The zero-order valence-electron chi connectivity index (χ0n) is 12.3. The average molecular weight is 270 g/mol. The van der Waals surface area contributed by atoms with Gasteiger partial charge in [0.05, 0.1) is 13.2 Å². The summed E-state index contributed by atoms with van der Waals surface area (Å²) in [5.74, 6) is 6.60. The van der Waals surface area contributed by atoms with Gasteiger partial charge >= 0.3 is 0 Å². The van der Waals surface area contributed by atoms with Crippen LogP contribution in [0, 0.1) is 13.8 Å². The number of nitrogens with two attached hydrogens (primary N) is 1. The first kappa shape index (κ1) is 14.6. The fourth-order valence-electron chi connectivity index (χ4n) is 2.38. The molecule has 106 valence electrons. The molecule has 0 saturated carbocycles. The van der Waals surface area contributed by atoms with Gasteiger partial charge in [-0.3, -0.25) is 11.3 Å². The lowest BCUT2D eigenvalue weighted by Crippen LogP contribution is -2.29. The number of methoxy groups -OCH3 is 1. The molecule has 3 nitrogen and oxygen atoms in total. The van der Waals surface area contributed by atoms with Gasteiger partial charge in [-0.2, -0.15) is 0 Å². The van der Waals surface area contributed by atoms with E-state index < -0.39 is 0 Å². The summed E-state index contributed by atoms with van der Waals surface area (Å²) in [6.07, 6.45) is 0.831. The van der Waals surface area contributed by atoms with E-state index >= 15 is 0 Å². The first-order chi connectivity index (χ1) is 9.65. The topological polar surface area (TPSA) is 47.3 Å². The maximum atomic E-state index is 5.74. The molecule has 1 atom stereocenters. The second kappa shape index (κ2) is 6.55. The van der Waals surface area contributed by atoms with Gasteiger partial charge < -0.3 is 4.74 Å². The van der Waals surface area contributed by atoms with Crippen molar-refractivity contribution in [3.63, 3.8) is 0 Å². The molecule has 0 aliphatic carbocycles. The van der Waals surface area contributed by atoms with Crippen LogP contribution in [0.1, 0.15) is 28.3 Å². The Bertz CT molecular complexity index is 581. The van der Waals surface area contributed by atoms with Crippen LogP contribution in [0.15, 0.2) is 42.5 Å². The van der Waals surface area contributed by atoms with E-state index in [2.05, 4.69) is 37.5 Å². The maximum absolute atomic E-state index is 5.74. The van der Waals surface area contributed by atoms with Crippen molar-refractivity contribution in [2.75, 3.05) is 7.11 Å². The van der Waals surface area contributed by atoms with E-state index in [1.165, 1.54) is 16.7 Å². The molecule has 0 saturated heterocycles. The summed E-state index contributed by atoms with van der Waals surface area (Å²) in [5.41, 5.74) is 7.85. The predicted molar refractivity (Wildman–Crippen MR) is 82.7 cm³/mol. The number of hydrogen-bond donors (Lipinski definition) is 2. The highest BCUT2D eigenvalue weighted by atomic mass is 16.5. The Morgan fingerprint density at radius 3 is 2.50 bits per heavy atom. The Morgan fingerprint density at radius 1 is 1.10 bits per heavy atom. The van der Waals surface area contributed by atoms with Crippen LogP contribution in [-0.4, -0.2) is 7.11 Å². The van der Waals surface area contributed by atoms with E-state index in [0.717, 1.165) is 17.7 Å². The largest absolute Gasteiger partial charge is 0.496 e. The lowest BCUT2D eigenvalue weighted by atomic mass is 9.96. The lowest BCUT2D eigenvalue weighted by molar-refractivity contribution is 0.399. The first-order valence-electron chi connectivity index (χ1n) is 6.81. The molecule has 0 fully saturated rings. The van der Waals surface area contributed by atoms with Crippen LogP contribution in [0.2, 0.25) is 0 Å². The maximum Gasteiger partial charge on any atom is 0.123 e. The van der Waals surface area contributed by atoms with E-state index in [1.807, 2.05) is 24.3 Å². The van der Waals surface area contributed by atoms with E-state index in [0.29, 0.717) is 0 Å². The molecule has 0 spiro atoms. The second-order valence-electron chi connectivity index (χ2n) is 5.08. The van der Waals surface area contributed by atoms with Crippen molar-refractivity contribution < 1.29 is 4.74 Å². The molecule has 0 bridgehead atoms. The molecule has 2 rings (SSSR count). The minimum absolute atomic E-state index is 0.0354. The molecule has 0 aromatic heterocycles. The summed E-state index contributed by atoms with van der Waals surface area (Å²) in [5, 5.41) is 0. The third-order valence-corrected chi connectivity index (χ3v) is 3.73. The normalized spacial score (nSPS) is 12.2. The van der Waals surface area contributed by atoms with Crippen LogP contribution in [0.4, 0.5) is 0 Å². The highest BCUT2D eigenvalue weighted by Crippen LogP contribution is 2.27. The number of aryl methyl sites for hydroxylation is 2. The molecular weight excluding hydrogens is 248 g/mol. The molecule has 0 aliphatic heterocycles. The lowest BCUT2D eigenvalue weighted by Gasteiger charge is -2.19. The van der Waals surface area contributed by atoms with Crippen LogP contribution in [-0.2, 0) is 6.42 Å². The van der Waals surface area contributed by atoms with Gasteiger partial charge in [-0.15, -0.1) is 0 Å². The molecule has 3 heteroatoms. The number of hydrogen-bond acceptors (Lipinski definition) is 3. The molecular formula is C17H22N2O. The summed E-state index contributed by atoms with van der Waals surface area (Å²) >= 11 is 0. The van der Waals surface area contributed by atoms with Gasteiger partial charge in [0.2, 0.25) is 0 Å². The van der Waals surface area contributed by atoms with Crippen LogP contribution >= 0.6 is 0 Å². The van der Waals surface area contributed by atoms with Crippen molar-refractivity contribution in [2.45, 2.75) is 26.3 Å². The molecule has 0 amide bonds. The van der Waals surface area contributed by atoms with Gasteiger partial charge in [-0.25, -0.2) is 0 Å². The molecule has 0 heterocycles. The quantitative estimate of drug-likeness (QED) is 0.648. The van der Waals surface area contributed by atoms with Gasteiger partial charge in [-0.1, -0.05) is 36.4 Å². The Balaban J connectivity index is 2.26. The Hall–Kier alpha value is -1.84. The highest BCUT2D eigenvalue weighted by molar-refractivity contribution is 5.38. The van der Waals surface area contributed by atoms with Crippen molar-refractivity contribution in [1.82, 2.24) is 5.43 Å². The number of para-hydroxylation sites is 1. The van der Waals surface area contributed by atoms with Crippen LogP contribution in [0.3, 0.4) is 0 Å².